The Morgan fingerprint density at radius 3 is 2.58 bits per heavy atom. The van der Waals surface area contributed by atoms with Crippen LogP contribution in [0.4, 0.5) is 0 Å². The van der Waals surface area contributed by atoms with Gasteiger partial charge in [0.25, 0.3) is 0 Å². The first-order chi connectivity index (χ1) is 9.20. The number of rotatable bonds is 5. The van der Waals surface area contributed by atoms with Crippen LogP contribution >= 0.6 is 0 Å². The summed E-state index contributed by atoms with van der Waals surface area (Å²) in [6.07, 6.45) is 6.87. The van der Waals surface area contributed by atoms with Crippen molar-refractivity contribution in [1.29, 1.82) is 0 Å². The molecule has 1 fully saturated rings. The number of ether oxygens (including phenoxy) is 1. The zero-order valence-electron chi connectivity index (χ0n) is 12.5. The smallest absolute Gasteiger partial charge is 0.122 e. The van der Waals surface area contributed by atoms with Gasteiger partial charge in [0.15, 0.2) is 0 Å². The van der Waals surface area contributed by atoms with Crippen LogP contribution in [0.1, 0.15) is 63.0 Å². The van der Waals surface area contributed by atoms with Crippen LogP contribution in [0.3, 0.4) is 0 Å². The highest BCUT2D eigenvalue weighted by atomic mass is 16.5. The maximum Gasteiger partial charge on any atom is 0.122 e. The van der Waals surface area contributed by atoms with Crippen molar-refractivity contribution in [3.05, 3.63) is 29.3 Å². The van der Waals surface area contributed by atoms with Crippen LogP contribution in [0.15, 0.2) is 18.2 Å². The van der Waals surface area contributed by atoms with Crippen LogP contribution in [0, 0.1) is 0 Å². The van der Waals surface area contributed by atoms with Gasteiger partial charge in [0, 0.05) is 12.6 Å². The molecule has 0 aromatic heterocycles. The van der Waals surface area contributed by atoms with Crippen molar-refractivity contribution in [3.63, 3.8) is 0 Å². The molecular weight excluding hydrogens is 234 g/mol. The molecule has 0 aliphatic heterocycles. The molecule has 1 aromatic rings. The Balaban J connectivity index is 1.98. The van der Waals surface area contributed by atoms with Gasteiger partial charge in [0.2, 0.25) is 0 Å². The number of nitrogens with one attached hydrogen (secondary N) is 1. The lowest BCUT2D eigenvalue weighted by Gasteiger charge is -2.23. The molecule has 0 atom stereocenters. The molecular formula is C17H27NO. The van der Waals surface area contributed by atoms with Crippen molar-refractivity contribution in [3.8, 4) is 5.75 Å². The highest BCUT2D eigenvalue weighted by Crippen LogP contribution is 2.27. The van der Waals surface area contributed by atoms with Gasteiger partial charge in [-0.1, -0.05) is 45.2 Å². The molecule has 0 radical (unpaired) electrons. The molecule has 0 spiro atoms. The van der Waals surface area contributed by atoms with E-state index in [1.54, 1.807) is 7.11 Å². The van der Waals surface area contributed by atoms with Gasteiger partial charge >= 0.3 is 0 Å². The molecule has 2 heteroatoms. The van der Waals surface area contributed by atoms with Crippen molar-refractivity contribution in [2.24, 2.45) is 0 Å². The summed E-state index contributed by atoms with van der Waals surface area (Å²) in [5.74, 6) is 1.51. The average molecular weight is 261 g/mol. The molecule has 0 bridgehead atoms. The lowest BCUT2D eigenvalue weighted by molar-refractivity contribution is 0.372. The quantitative estimate of drug-likeness (QED) is 0.856. The highest BCUT2D eigenvalue weighted by Gasteiger charge is 2.13. The third-order valence-corrected chi connectivity index (χ3v) is 4.12. The number of hydrogen-bond donors (Lipinski definition) is 1. The molecule has 106 valence electrons. The second-order valence-corrected chi connectivity index (χ2v) is 5.95. The van der Waals surface area contributed by atoms with Crippen LogP contribution in [0.25, 0.3) is 0 Å². The van der Waals surface area contributed by atoms with Crippen LogP contribution in [0.5, 0.6) is 5.75 Å². The highest BCUT2D eigenvalue weighted by molar-refractivity contribution is 5.39. The summed E-state index contributed by atoms with van der Waals surface area (Å²) in [6, 6.07) is 7.30. The minimum atomic E-state index is 0.504. The van der Waals surface area contributed by atoms with Crippen molar-refractivity contribution in [1.82, 2.24) is 5.32 Å². The fourth-order valence-electron chi connectivity index (χ4n) is 2.91. The summed E-state index contributed by atoms with van der Waals surface area (Å²) < 4.78 is 5.44. The zero-order valence-corrected chi connectivity index (χ0v) is 12.5. The largest absolute Gasteiger partial charge is 0.496 e. The Morgan fingerprint density at radius 1 is 1.21 bits per heavy atom. The summed E-state index contributed by atoms with van der Waals surface area (Å²) in [6.45, 7) is 5.42. The first kappa shape index (κ1) is 14.4. The molecule has 1 N–H and O–H groups in total. The third kappa shape index (κ3) is 3.97. The molecule has 0 saturated heterocycles. The van der Waals surface area contributed by atoms with Gasteiger partial charge in [-0.25, -0.2) is 0 Å². The predicted molar refractivity (Wildman–Crippen MR) is 80.8 cm³/mol. The fourth-order valence-corrected chi connectivity index (χ4v) is 2.91. The summed E-state index contributed by atoms with van der Waals surface area (Å²) in [5.41, 5.74) is 2.68. The van der Waals surface area contributed by atoms with Gasteiger partial charge in [-0.3, -0.25) is 0 Å². The van der Waals surface area contributed by atoms with Gasteiger partial charge in [-0.2, -0.15) is 0 Å². The van der Waals surface area contributed by atoms with Crippen molar-refractivity contribution >= 4 is 0 Å². The van der Waals surface area contributed by atoms with E-state index in [1.165, 1.54) is 43.2 Å². The van der Waals surface area contributed by atoms with E-state index in [0.717, 1.165) is 18.3 Å². The van der Waals surface area contributed by atoms with E-state index in [4.69, 9.17) is 4.74 Å². The molecule has 2 nitrogen and oxygen atoms in total. The molecule has 1 saturated carbocycles. The average Bonchev–Trinajstić information content (AvgIpc) is 2.46. The zero-order chi connectivity index (χ0) is 13.7. The van der Waals surface area contributed by atoms with Gasteiger partial charge < -0.3 is 10.1 Å². The van der Waals surface area contributed by atoms with Crippen LogP contribution < -0.4 is 10.1 Å². The first-order valence-corrected chi connectivity index (χ1v) is 7.61. The number of hydrogen-bond acceptors (Lipinski definition) is 2. The van der Waals surface area contributed by atoms with Crippen LogP contribution in [-0.4, -0.2) is 13.2 Å². The molecule has 1 aliphatic rings. The lowest BCUT2D eigenvalue weighted by Crippen LogP contribution is -2.30. The molecule has 0 heterocycles. The molecule has 1 aromatic carbocycles. The van der Waals surface area contributed by atoms with E-state index < -0.39 is 0 Å². The minimum Gasteiger partial charge on any atom is -0.496 e. The normalized spacial score (nSPS) is 16.8. The maximum atomic E-state index is 5.44. The summed E-state index contributed by atoms with van der Waals surface area (Å²) >= 11 is 0. The standard InChI is InChI=1S/C17H27NO/c1-13(2)16-11-14(9-10-17(16)19-3)12-18-15-7-5-4-6-8-15/h9-11,13,15,18H,4-8,12H2,1-3H3. The molecule has 0 unspecified atom stereocenters. The molecule has 0 amide bonds. The van der Waals surface area contributed by atoms with Crippen molar-refractivity contribution in [2.75, 3.05) is 7.11 Å². The van der Waals surface area contributed by atoms with E-state index >= 15 is 0 Å². The SMILES string of the molecule is COc1ccc(CNC2CCCCC2)cc1C(C)C. The van der Waals surface area contributed by atoms with Gasteiger partial charge in [0.1, 0.15) is 5.75 Å². The van der Waals surface area contributed by atoms with E-state index in [0.29, 0.717) is 5.92 Å². The van der Waals surface area contributed by atoms with Gasteiger partial charge in [0.05, 0.1) is 7.11 Å². The summed E-state index contributed by atoms with van der Waals surface area (Å²) in [4.78, 5) is 0. The third-order valence-electron chi connectivity index (χ3n) is 4.12. The Morgan fingerprint density at radius 2 is 1.95 bits per heavy atom. The number of methoxy groups -OCH3 is 1. The predicted octanol–water partition coefficient (Wildman–Crippen LogP) is 4.24. The van der Waals surface area contributed by atoms with E-state index in [-0.39, 0.29) is 0 Å². The monoisotopic (exact) mass is 261 g/mol. The van der Waals surface area contributed by atoms with Crippen LogP contribution in [-0.2, 0) is 6.54 Å². The van der Waals surface area contributed by atoms with Gasteiger partial charge in [-0.05, 0) is 36.0 Å². The Bertz CT molecular complexity index is 394. The summed E-state index contributed by atoms with van der Waals surface area (Å²) in [5, 5.41) is 3.70. The lowest BCUT2D eigenvalue weighted by atomic mass is 9.95. The Hall–Kier alpha value is -1.02. The maximum absolute atomic E-state index is 5.44. The first-order valence-electron chi connectivity index (χ1n) is 7.61. The van der Waals surface area contributed by atoms with Crippen molar-refractivity contribution < 1.29 is 4.74 Å². The van der Waals surface area contributed by atoms with Crippen LogP contribution in [0.2, 0.25) is 0 Å². The second kappa shape index (κ2) is 6.95. The van der Waals surface area contributed by atoms with E-state index in [2.05, 4.69) is 37.4 Å². The minimum absolute atomic E-state index is 0.504. The molecule has 1 aliphatic carbocycles. The second-order valence-electron chi connectivity index (χ2n) is 5.95. The topological polar surface area (TPSA) is 21.3 Å². The molecule has 2 rings (SSSR count). The van der Waals surface area contributed by atoms with E-state index in [1.807, 2.05) is 0 Å². The summed E-state index contributed by atoms with van der Waals surface area (Å²) in [7, 11) is 1.75. The Labute approximate surface area is 117 Å². The van der Waals surface area contributed by atoms with Crippen molar-refractivity contribution in [2.45, 2.75) is 64.5 Å². The molecule has 19 heavy (non-hydrogen) atoms. The number of benzene rings is 1. The van der Waals surface area contributed by atoms with E-state index in [9.17, 15) is 0 Å². The Kier molecular flexibility index (Phi) is 5.26. The fraction of sp³-hybridized carbons (Fsp3) is 0.647. The van der Waals surface area contributed by atoms with Gasteiger partial charge in [-0.15, -0.1) is 0 Å².